The van der Waals surface area contributed by atoms with Crippen LogP contribution in [0.15, 0.2) is 218 Å². The first-order valence-electron chi connectivity index (χ1n) is 20.0. The van der Waals surface area contributed by atoms with Crippen molar-refractivity contribution < 1.29 is 0 Å². The molecule has 0 spiro atoms. The number of para-hydroxylation sites is 2. The Bertz CT molecular complexity index is 3280. The normalized spacial score (nSPS) is 11.8. The van der Waals surface area contributed by atoms with E-state index in [4.69, 9.17) is 0 Å². The summed E-state index contributed by atoms with van der Waals surface area (Å²) in [4.78, 5) is 4.94. The molecule has 0 aliphatic rings. The van der Waals surface area contributed by atoms with Gasteiger partial charge in [0, 0.05) is 32.9 Å². The highest BCUT2D eigenvalue weighted by Crippen LogP contribution is 2.50. The molecule has 12 aromatic carbocycles. The van der Waals surface area contributed by atoms with Crippen LogP contribution in [0.3, 0.4) is 0 Å². The van der Waals surface area contributed by atoms with Crippen LogP contribution < -0.4 is 9.80 Å². The van der Waals surface area contributed by atoms with Crippen molar-refractivity contribution in [3.63, 3.8) is 0 Å². The summed E-state index contributed by atoms with van der Waals surface area (Å²) in [5, 5.41) is 17.3. The summed E-state index contributed by atoms with van der Waals surface area (Å²) in [6.45, 7) is 0. The van der Waals surface area contributed by atoms with Gasteiger partial charge in [-0.25, -0.2) is 0 Å². The Morgan fingerprint density at radius 2 is 0.552 bits per heavy atom. The molecule has 58 heavy (non-hydrogen) atoms. The molecular formula is C56H36N2. The molecule has 0 aliphatic carbocycles. The van der Waals surface area contributed by atoms with Gasteiger partial charge in [0.05, 0.1) is 22.7 Å². The molecule has 12 aromatic rings. The average Bonchev–Trinajstić information content (AvgIpc) is 3.28. The van der Waals surface area contributed by atoms with Crippen molar-refractivity contribution in [1.82, 2.24) is 0 Å². The smallest absolute Gasteiger partial charge is 0.0546 e. The largest absolute Gasteiger partial charge is 0.309 e. The SMILES string of the molecule is c1ccc(N(c2cccc3cc4ccccc4cc23)c2cc3cccc4c(N(c5ccccc5)c5cccc6cc7ccccc7cc56)cc5cccc2c5c34)cc1. The van der Waals surface area contributed by atoms with E-state index >= 15 is 0 Å². The average molecular weight is 737 g/mol. The maximum absolute atomic E-state index is 2.47. The quantitative estimate of drug-likeness (QED) is 0.124. The summed E-state index contributed by atoms with van der Waals surface area (Å²) < 4.78 is 0. The molecule has 0 N–H and O–H groups in total. The zero-order valence-electron chi connectivity index (χ0n) is 31.7. The molecule has 12 rings (SSSR count). The van der Waals surface area contributed by atoms with E-state index in [9.17, 15) is 0 Å². The van der Waals surface area contributed by atoms with Crippen molar-refractivity contribution in [2.24, 2.45) is 0 Å². The number of fused-ring (bicyclic) bond motifs is 4. The Morgan fingerprint density at radius 1 is 0.207 bits per heavy atom. The summed E-state index contributed by atoms with van der Waals surface area (Å²) in [7, 11) is 0. The second-order valence-electron chi connectivity index (χ2n) is 15.3. The number of benzene rings is 12. The van der Waals surface area contributed by atoms with Gasteiger partial charge in [-0.2, -0.15) is 0 Å². The van der Waals surface area contributed by atoms with Crippen molar-refractivity contribution in [3.8, 4) is 0 Å². The molecule has 0 aliphatic heterocycles. The molecule has 0 unspecified atom stereocenters. The van der Waals surface area contributed by atoms with E-state index in [1.54, 1.807) is 0 Å². The van der Waals surface area contributed by atoms with Crippen LogP contribution in [0.25, 0.3) is 75.4 Å². The molecule has 0 bridgehead atoms. The second-order valence-corrected chi connectivity index (χ2v) is 15.3. The lowest BCUT2D eigenvalue weighted by molar-refractivity contribution is 1.31. The fourth-order valence-corrected chi connectivity index (χ4v) is 9.45. The summed E-state index contributed by atoms with van der Waals surface area (Å²) >= 11 is 0. The summed E-state index contributed by atoms with van der Waals surface area (Å²) in [6, 6.07) is 80.2. The maximum atomic E-state index is 2.47. The number of hydrogen-bond acceptors (Lipinski definition) is 2. The molecule has 2 nitrogen and oxygen atoms in total. The molecule has 0 fully saturated rings. The van der Waals surface area contributed by atoms with E-state index in [1.807, 2.05) is 0 Å². The van der Waals surface area contributed by atoms with E-state index in [0.717, 1.165) is 34.1 Å². The van der Waals surface area contributed by atoms with Gasteiger partial charge in [0.15, 0.2) is 0 Å². The van der Waals surface area contributed by atoms with Crippen molar-refractivity contribution in [2.45, 2.75) is 0 Å². The molecular weight excluding hydrogens is 701 g/mol. The topological polar surface area (TPSA) is 6.48 Å². The lowest BCUT2D eigenvalue weighted by Crippen LogP contribution is -2.12. The third-order valence-corrected chi connectivity index (χ3v) is 12.0. The minimum Gasteiger partial charge on any atom is -0.309 e. The minimum atomic E-state index is 1.12. The third-order valence-electron chi connectivity index (χ3n) is 12.0. The Morgan fingerprint density at radius 3 is 0.983 bits per heavy atom. The first-order valence-corrected chi connectivity index (χ1v) is 20.0. The molecule has 0 saturated heterocycles. The van der Waals surface area contributed by atoms with Gasteiger partial charge in [-0.1, -0.05) is 146 Å². The molecule has 0 atom stereocenters. The second kappa shape index (κ2) is 12.9. The van der Waals surface area contributed by atoms with Gasteiger partial charge in [-0.3, -0.25) is 0 Å². The first kappa shape index (κ1) is 32.6. The van der Waals surface area contributed by atoms with E-state index < -0.39 is 0 Å². The molecule has 0 radical (unpaired) electrons. The fourth-order valence-electron chi connectivity index (χ4n) is 9.45. The van der Waals surface area contributed by atoms with Crippen LogP contribution in [-0.2, 0) is 0 Å². The van der Waals surface area contributed by atoms with Crippen LogP contribution >= 0.6 is 0 Å². The predicted octanol–water partition coefficient (Wildman–Crippen LogP) is 16.1. The van der Waals surface area contributed by atoms with Crippen LogP contribution in [0.2, 0.25) is 0 Å². The van der Waals surface area contributed by atoms with Crippen LogP contribution in [0.5, 0.6) is 0 Å². The molecule has 0 aromatic heterocycles. The zero-order valence-corrected chi connectivity index (χ0v) is 31.7. The first-order chi connectivity index (χ1) is 28.8. The van der Waals surface area contributed by atoms with Crippen molar-refractivity contribution in [1.29, 1.82) is 0 Å². The monoisotopic (exact) mass is 736 g/mol. The van der Waals surface area contributed by atoms with E-state index in [2.05, 4.69) is 228 Å². The Kier molecular flexibility index (Phi) is 7.26. The highest BCUT2D eigenvalue weighted by atomic mass is 15.2. The molecule has 270 valence electrons. The van der Waals surface area contributed by atoms with Gasteiger partial charge >= 0.3 is 0 Å². The van der Waals surface area contributed by atoms with E-state index in [1.165, 1.54) is 75.4 Å². The van der Waals surface area contributed by atoms with Gasteiger partial charge < -0.3 is 9.80 Å². The third kappa shape index (κ3) is 5.05. The van der Waals surface area contributed by atoms with Gasteiger partial charge in [0.1, 0.15) is 0 Å². The van der Waals surface area contributed by atoms with Gasteiger partial charge in [-0.05, 0) is 127 Å². The lowest BCUT2D eigenvalue weighted by atomic mass is 9.90. The molecule has 0 amide bonds. The summed E-state index contributed by atoms with van der Waals surface area (Å²) in [5.41, 5.74) is 6.87. The van der Waals surface area contributed by atoms with Gasteiger partial charge in [0.25, 0.3) is 0 Å². The minimum absolute atomic E-state index is 1.12. The Hall–Kier alpha value is -7.68. The summed E-state index contributed by atoms with van der Waals surface area (Å²) in [5.74, 6) is 0. The molecule has 2 heteroatoms. The zero-order chi connectivity index (χ0) is 38.2. The van der Waals surface area contributed by atoms with E-state index in [0.29, 0.717) is 0 Å². The maximum Gasteiger partial charge on any atom is 0.0546 e. The Balaban J connectivity index is 1.14. The number of rotatable bonds is 6. The van der Waals surface area contributed by atoms with Gasteiger partial charge in [0.2, 0.25) is 0 Å². The standard InChI is InChI=1S/C56H36N2/c1-3-23-45(24-4-1)57(51-29-13-19-41-31-37-15-7-9-17-39(37)33-49(41)51)53-35-43-21-12-28-48-54(36-44-22-11-27-47(53)55(44)56(43)48)58(46-25-5-2-6-26-46)52-30-14-20-42-32-38-16-8-10-18-40(38)34-50(42)52/h1-36H. The van der Waals surface area contributed by atoms with Crippen LogP contribution in [-0.4, -0.2) is 0 Å². The molecule has 0 heterocycles. The number of hydrogen-bond donors (Lipinski definition) is 0. The van der Waals surface area contributed by atoms with Crippen molar-refractivity contribution >= 4 is 110 Å². The Labute approximate surface area is 336 Å². The van der Waals surface area contributed by atoms with Crippen LogP contribution in [0, 0.1) is 0 Å². The highest BCUT2D eigenvalue weighted by molar-refractivity contribution is 6.30. The fraction of sp³-hybridized carbons (Fsp3) is 0. The van der Waals surface area contributed by atoms with Crippen molar-refractivity contribution in [2.75, 3.05) is 9.80 Å². The number of anilines is 6. The number of nitrogens with zero attached hydrogens (tertiary/aromatic N) is 2. The highest BCUT2D eigenvalue weighted by Gasteiger charge is 2.24. The van der Waals surface area contributed by atoms with Crippen molar-refractivity contribution in [3.05, 3.63) is 218 Å². The van der Waals surface area contributed by atoms with Crippen LogP contribution in [0.4, 0.5) is 34.1 Å². The van der Waals surface area contributed by atoms with Crippen LogP contribution in [0.1, 0.15) is 0 Å². The predicted molar refractivity (Wildman–Crippen MR) is 250 cm³/mol. The summed E-state index contributed by atoms with van der Waals surface area (Å²) in [6.07, 6.45) is 0. The van der Waals surface area contributed by atoms with E-state index in [-0.39, 0.29) is 0 Å². The lowest BCUT2D eigenvalue weighted by Gasteiger charge is -2.31. The molecule has 0 saturated carbocycles. The van der Waals surface area contributed by atoms with Gasteiger partial charge in [-0.15, -0.1) is 0 Å².